The molecule has 0 spiro atoms. The zero-order valence-electron chi connectivity index (χ0n) is 15.7. The molecule has 0 saturated heterocycles. The lowest BCUT2D eigenvalue weighted by Gasteiger charge is -2.16. The molecule has 0 N–H and O–H groups in total. The number of nitrogens with zero attached hydrogens (tertiary/aromatic N) is 5. The summed E-state index contributed by atoms with van der Waals surface area (Å²) in [5, 5.41) is 0.269. The highest BCUT2D eigenvalue weighted by molar-refractivity contribution is 6.29. The number of carbonyl (C=O) groups excluding carboxylic acids is 1. The summed E-state index contributed by atoms with van der Waals surface area (Å²) in [7, 11) is 1.52. The van der Waals surface area contributed by atoms with Crippen LogP contribution in [0.1, 0.15) is 16.1 Å². The van der Waals surface area contributed by atoms with Gasteiger partial charge >= 0.3 is 6.18 Å². The topological polar surface area (TPSA) is 63.4 Å². The monoisotopic (exact) mass is 449 g/mol. The summed E-state index contributed by atoms with van der Waals surface area (Å²) in [6.07, 6.45) is 0.704. The highest BCUT2D eigenvalue weighted by Crippen LogP contribution is 2.33. The standard InChI is InChI=1S/C20H12ClF4N5O/c1-29(12-3-5-17(21)27-7-12)19(31)15-10-30-16(8-28-18(30)9-26-15)13-4-2-11(6-14(13)22)20(23,24)25/h2-10H,1H3. The van der Waals surface area contributed by atoms with Gasteiger partial charge in [-0.25, -0.2) is 19.3 Å². The average Bonchev–Trinajstić information content (AvgIpc) is 3.15. The van der Waals surface area contributed by atoms with Gasteiger partial charge in [0.05, 0.1) is 35.5 Å². The number of halogens is 5. The Morgan fingerprint density at radius 3 is 2.48 bits per heavy atom. The van der Waals surface area contributed by atoms with Gasteiger partial charge in [-0.1, -0.05) is 11.6 Å². The second-order valence-corrected chi connectivity index (χ2v) is 6.93. The maximum Gasteiger partial charge on any atom is 0.416 e. The molecule has 3 aromatic heterocycles. The van der Waals surface area contributed by atoms with Crippen LogP contribution in [-0.2, 0) is 6.18 Å². The molecular formula is C20H12ClF4N5O. The van der Waals surface area contributed by atoms with Crippen LogP contribution in [0.5, 0.6) is 0 Å². The maximum absolute atomic E-state index is 14.5. The smallest absolute Gasteiger partial charge is 0.309 e. The quantitative estimate of drug-likeness (QED) is 0.330. The van der Waals surface area contributed by atoms with Crippen LogP contribution >= 0.6 is 11.6 Å². The summed E-state index contributed by atoms with van der Waals surface area (Å²) >= 11 is 5.76. The van der Waals surface area contributed by atoms with E-state index in [2.05, 4.69) is 15.0 Å². The lowest BCUT2D eigenvalue weighted by Crippen LogP contribution is -2.27. The molecule has 1 amide bonds. The minimum Gasteiger partial charge on any atom is -0.309 e. The zero-order valence-corrected chi connectivity index (χ0v) is 16.5. The minimum absolute atomic E-state index is 0.0107. The number of fused-ring (bicyclic) bond motifs is 1. The fourth-order valence-electron chi connectivity index (χ4n) is 2.95. The molecule has 4 rings (SSSR count). The zero-order chi connectivity index (χ0) is 22.3. The molecule has 0 aliphatic heterocycles. The van der Waals surface area contributed by atoms with E-state index in [0.717, 1.165) is 12.1 Å². The third-order valence-electron chi connectivity index (χ3n) is 4.59. The Balaban J connectivity index is 1.73. The van der Waals surface area contributed by atoms with Gasteiger partial charge in [-0.3, -0.25) is 9.20 Å². The molecule has 0 atom stereocenters. The van der Waals surface area contributed by atoms with E-state index in [4.69, 9.17) is 11.6 Å². The van der Waals surface area contributed by atoms with E-state index < -0.39 is 23.5 Å². The van der Waals surface area contributed by atoms with E-state index in [9.17, 15) is 22.4 Å². The van der Waals surface area contributed by atoms with Crippen LogP contribution in [0.4, 0.5) is 23.2 Å². The number of aromatic nitrogens is 4. The fraction of sp³-hybridized carbons (Fsp3) is 0.100. The number of pyridine rings is 1. The van der Waals surface area contributed by atoms with E-state index in [1.165, 1.54) is 47.2 Å². The first-order chi connectivity index (χ1) is 14.6. The van der Waals surface area contributed by atoms with E-state index in [1.54, 1.807) is 6.07 Å². The Kier molecular flexibility index (Phi) is 5.10. The van der Waals surface area contributed by atoms with Crippen LogP contribution in [0.2, 0.25) is 5.15 Å². The lowest BCUT2D eigenvalue weighted by molar-refractivity contribution is -0.137. The predicted molar refractivity (Wildman–Crippen MR) is 105 cm³/mol. The van der Waals surface area contributed by atoms with Gasteiger partial charge < -0.3 is 4.90 Å². The minimum atomic E-state index is -4.66. The summed E-state index contributed by atoms with van der Waals surface area (Å²) in [5.74, 6) is -1.55. The summed E-state index contributed by atoms with van der Waals surface area (Å²) in [4.78, 5) is 26.2. The summed E-state index contributed by atoms with van der Waals surface area (Å²) in [6, 6.07) is 5.36. The van der Waals surface area contributed by atoms with Crippen molar-refractivity contribution in [3.63, 3.8) is 0 Å². The molecular weight excluding hydrogens is 438 g/mol. The van der Waals surface area contributed by atoms with E-state index >= 15 is 0 Å². The van der Waals surface area contributed by atoms with E-state index in [-0.39, 0.29) is 22.1 Å². The number of hydrogen-bond acceptors (Lipinski definition) is 4. The number of alkyl halides is 3. The number of amides is 1. The molecule has 0 radical (unpaired) electrons. The lowest BCUT2D eigenvalue weighted by atomic mass is 10.1. The predicted octanol–water partition coefficient (Wildman–Crippen LogP) is 4.88. The molecule has 11 heteroatoms. The van der Waals surface area contributed by atoms with Gasteiger partial charge in [-0.05, 0) is 30.3 Å². The number of rotatable bonds is 3. The van der Waals surface area contributed by atoms with Crippen molar-refractivity contribution in [1.29, 1.82) is 0 Å². The summed E-state index contributed by atoms with van der Waals surface area (Å²) in [5.41, 5.74) is -0.249. The molecule has 158 valence electrons. The van der Waals surface area contributed by atoms with Crippen molar-refractivity contribution in [3.05, 3.63) is 77.3 Å². The van der Waals surface area contributed by atoms with Gasteiger partial charge in [0.25, 0.3) is 5.91 Å². The molecule has 0 saturated carbocycles. The SMILES string of the molecule is CN(C(=O)c1cn2c(-c3ccc(C(F)(F)F)cc3F)cnc2cn1)c1ccc(Cl)nc1. The van der Waals surface area contributed by atoms with Crippen LogP contribution in [0.3, 0.4) is 0 Å². The van der Waals surface area contributed by atoms with Crippen molar-refractivity contribution >= 4 is 28.8 Å². The molecule has 4 aromatic rings. The molecule has 0 bridgehead atoms. The van der Waals surface area contributed by atoms with Crippen molar-refractivity contribution in [2.75, 3.05) is 11.9 Å². The first-order valence-corrected chi connectivity index (χ1v) is 9.13. The van der Waals surface area contributed by atoms with Crippen molar-refractivity contribution in [3.8, 4) is 11.3 Å². The summed E-state index contributed by atoms with van der Waals surface area (Å²) in [6.45, 7) is 0. The first-order valence-electron chi connectivity index (χ1n) is 8.75. The van der Waals surface area contributed by atoms with Gasteiger partial charge in [0.1, 0.15) is 16.7 Å². The number of benzene rings is 1. The van der Waals surface area contributed by atoms with Crippen molar-refractivity contribution in [1.82, 2.24) is 19.4 Å². The van der Waals surface area contributed by atoms with E-state index in [1.807, 2.05) is 0 Å². The fourth-order valence-corrected chi connectivity index (χ4v) is 3.07. The number of hydrogen-bond donors (Lipinski definition) is 0. The summed E-state index contributed by atoms with van der Waals surface area (Å²) < 4.78 is 54.3. The van der Waals surface area contributed by atoms with Crippen LogP contribution in [0, 0.1) is 5.82 Å². The Morgan fingerprint density at radius 1 is 1.06 bits per heavy atom. The molecule has 0 aliphatic carbocycles. The average molecular weight is 450 g/mol. The molecule has 31 heavy (non-hydrogen) atoms. The largest absolute Gasteiger partial charge is 0.416 e. The number of anilines is 1. The molecule has 1 aromatic carbocycles. The Hall–Kier alpha value is -3.53. The molecule has 0 unspecified atom stereocenters. The second kappa shape index (κ2) is 7.62. The second-order valence-electron chi connectivity index (χ2n) is 6.54. The van der Waals surface area contributed by atoms with Gasteiger partial charge in [0.15, 0.2) is 5.65 Å². The van der Waals surface area contributed by atoms with Crippen LogP contribution in [-0.4, -0.2) is 32.3 Å². The molecule has 6 nitrogen and oxygen atoms in total. The molecule has 0 aliphatic rings. The van der Waals surface area contributed by atoms with Gasteiger partial charge in [0.2, 0.25) is 0 Å². The van der Waals surface area contributed by atoms with Crippen molar-refractivity contribution < 1.29 is 22.4 Å². The molecule has 3 heterocycles. The Morgan fingerprint density at radius 2 is 1.84 bits per heavy atom. The van der Waals surface area contributed by atoms with Crippen molar-refractivity contribution in [2.24, 2.45) is 0 Å². The van der Waals surface area contributed by atoms with Crippen LogP contribution in [0.25, 0.3) is 16.9 Å². The maximum atomic E-state index is 14.5. The normalized spacial score (nSPS) is 11.7. The first kappa shape index (κ1) is 20.7. The number of imidazole rings is 1. The Labute approximate surface area is 177 Å². The van der Waals surface area contributed by atoms with Crippen LogP contribution in [0.15, 0.2) is 55.1 Å². The highest BCUT2D eigenvalue weighted by Gasteiger charge is 2.31. The van der Waals surface area contributed by atoms with Crippen molar-refractivity contribution in [2.45, 2.75) is 6.18 Å². The van der Waals surface area contributed by atoms with Gasteiger partial charge in [-0.15, -0.1) is 0 Å². The third-order valence-corrected chi connectivity index (χ3v) is 4.81. The Bertz CT molecular complexity index is 1290. The highest BCUT2D eigenvalue weighted by atomic mass is 35.5. The third kappa shape index (κ3) is 3.93. The van der Waals surface area contributed by atoms with E-state index in [0.29, 0.717) is 17.4 Å². The van der Waals surface area contributed by atoms with Crippen LogP contribution < -0.4 is 4.90 Å². The number of carbonyl (C=O) groups is 1. The van der Waals surface area contributed by atoms with Gasteiger partial charge in [0, 0.05) is 18.8 Å². The van der Waals surface area contributed by atoms with Gasteiger partial charge in [-0.2, -0.15) is 13.2 Å². The molecule has 0 fully saturated rings.